The highest BCUT2D eigenvalue weighted by atomic mass is 16.5. The van der Waals surface area contributed by atoms with Gasteiger partial charge in [0.15, 0.2) is 0 Å². The van der Waals surface area contributed by atoms with Gasteiger partial charge in [0.05, 0.1) is 13.7 Å². The molecule has 0 bridgehead atoms. The molecule has 1 aromatic rings. The average Bonchev–Trinajstić information content (AvgIpc) is 2.42. The first-order valence-corrected chi connectivity index (χ1v) is 6.31. The summed E-state index contributed by atoms with van der Waals surface area (Å²) in [5.74, 6) is 0.864. The highest BCUT2D eigenvalue weighted by molar-refractivity contribution is 5.77. The topological polar surface area (TPSA) is 50.4 Å². The van der Waals surface area contributed by atoms with Crippen molar-refractivity contribution in [3.05, 3.63) is 29.8 Å². The molecule has 0 fully saturated rings. The van der Waals surface area contributed by atoms with Gasteiger partial charge < -0.3 is 15.4 Å². The molecule has 0 heterocycles. The van der Waals surface area contributed by atoms with E-state index in [1.807, 2.05) is 38.1 Å². The molecule has 0 aliphatic rings. The van der Waals surface area contributed by atoms with Gasteiger partial charge >= 0.3 is 0 Å². The molecule has 1 amide bonds. The molecule has 4 heteroatoms. The molecule has 18 heavy (non-hydrogen) atoms. The number of methoxy groups -OCH3 is 1. The molecule has 0 saturated heterocycles. The van der Waals surface area contributed by atoms with Crippen LogP contribution in [-0.2, 0) is 4.79 Å². The smallest absolute Gasteiger partial charge is 0.233 e. The molecule has 1 aromatic carbocycles. The molecular weight excluding hydrogens is 228 g/mol. The third kappa shape index (κ3) is 4.75. The third-order valence-electron chi connectivity index (χ3n) is 2.73. The Morgan fingerprint density at radius 2 is 2.22 bits per heavy atom. The number of carbonyl (C=O) groups is 1. The van der Waals surface area contributed by atoms with Crippen molar-refractivity contribution in [2.45, 2.75) is 26.3 Å². The maximum Gasteiger partial charge on any atom is 0.233 e. The molecule has 0 aromatic heterocycles. The molecule has 0 radical (unpaired) electrons. The monoisotopic (exact) mass is 250 g/mol. The quantitative estimate of drug-likeness (QED) is 0.776. The zero-order chi connectivity index (χ0) is 13.4. The van der Waals surface area contributed by atoms with Crippen molar-refractivity contribution in [2.75, 3.05) is 20.2 Å². The fraction of sp³-hybridized carbons (Fsp3) is 0.500. The van der Waals surface area contributed by atoms with Crippen molar-refractivity contribution in [3.8, 4) is 5.75 Å². The van der Waals surface area contributed by atoms with Gasteiger partial charge in [0, 0.05) is 12.6 Å². The van der Waals surface area contributed by atoms with Crippen molar-refractivity contribution in [1.82, 2.24) is 10.6 Å². The van der Waals surface area contributed by atoms with E-state index in [4.69, 9.17) is 4.74 Å². The van der Waals surface area contributed by atoms with E-state index in [0.717, 1.165) is 24.3 Å². The van der Waals surface area contributed by atoms with Crippen molar-refractivity contribution >= 4 is 5.91 Å². The highest BCUT2D eigenvalue weighted by Gasteiger charge is 2.07. The van der Waals surface area contributed by atoms with Crippen LogP contribution in [0.5, 0.6) is 5.75 Å². The van der Waals surface area contributed by atoms with Crippen LogP contribution in [0.1, 0.15) is 31.9 Å². The largest absolute Gasteiger partial charge is 0.497 e. The van der Waals surface area contributed by atoms with Crippen LogP contribution >= 0.6 is 0 Å². The van der Waals surface area contributed by atoms with Crippen LogP contribution in [0.3, 0.4) is 0 Å². The molecule has 0 aliphatic carbocycles. The van der Waals surface area contributed by atoms with Crippen LogP contribution < -0.4 is 15.4 Å². The predicted molar refractivity (Wildman–Crippen MR) is 72.7 cm³/mol. The van der Waals surface area contributed by atoms with Crippen LogP contribution in [0.4, 0.5) is 0 Å². The van der Waals surface area contributed by atoms with E-state index < -0.39 is 0 Å². The van der Waals surface area contributed by atoms with Gasteiger partial charge in [0.25, 0.3) is 0 Å². The lowest BCUT2D eigenvalue weighted by atomic mass is 10.1. The van der Waals surface area contributed by atoms with E-state index in [1.54, 1.807) is 7.11 Å². The second-order valence-electron chi connectivity index (χ2n) is 4.23. The van der Waals surface area contributed by atoms with E-state index in [-0.39, 0.29) is 11.9 Å². The highest BCUT2D eigenvalue weighted by Crippen LogP contribution is 2.18. The molecule has 100 valence electrons. The first kappa shape index (κ1) is 14.5. The molecular formula is C14H22N2O2. The zero-order valence-electron chi connectivity index (χ0n) is 11.3. The summed E-state index contributed by atoms with van der Waals surface area (Å²) in [5.41, 5.74) is 1.11. The maximum absolute atomic E-state index is 11.5. The van der Waals surface area contributed by atoms with Crippen molar-refractivity contribution in [3.63, 3.8) is 0 Å². The maximum atomic E-state index is 11.5. The SMILES string of the molecule is CCCNC(=O)CNC(C)c1cccc(OC)c1. The Morgan fingerprint density at radius 1 is 1.44 bits per heavy atom. The molecule has 4 nitrogen and oxygen atoms in total. The average molecular weight is 250 g/mol. The number of ether oxygens (including phenoxy) is 1. The molecule has 1 atom stereocenters. The fourth-order valence-corrected chi connectivity index (χ4v) is 1.60. The number of hydrogen-bond donors (Lipinski definition) is 2. The zero-order valence-corrected chi connectivity index (χ0v) is 11.3. The summed E-state index contributed by atoms with van der Waals surface area (Å²) in [7, 11) is 1.65. The second-order valence-corrected chi connectivity index (χ2v) is 4.23. The molecule has 2 N–H and O–H groups in total. The Morgan fingerprint density at radius 3 is 2.89 bits per heavy atom. The number of nitrogens with one attached hydrogen (secondary N) is 2. The van der Waals surface area contributed by atoms with Crippen LogP contribution in [0, 0.1) is 0 Å². The summed E-state index contributed by atoms with van der Waals surface area (Å²) in [6.07, 6.45) is 0.956. The van der Waals surface area contributed by atoms with E-state index in [2.05, 4.69) is 10.6 Å². The summed E-state index contributed by atoms with van der Waals surface area (Å²) < 4.78 is 5.18. The van der Waals surface area contributed by atoms with Crippen LogP contribution in [0.2, 0.25) is 0 Å². The second kappa shape index (κ2) is 7.71. The molecule has 0 aliphatic heterocycles. The van der Waals surface area contributed by atoms with Crippen molar-refractivity contribution < 1.29 is 9.53 Å². The number of amides is 1. The summed E-state index contributed by atoms with van der Waals surface area (Å²) >= 11 is 0. The minimum atomic E-state index is 0.0339. The first-order chi connectivity index (χ1) is 8.67. The molecule has 0 spiro atoms. The minimum Gasteiger partial charge on any atom is -0.497 e. The Bertz CT molecular complexity index is 380. The molecule has 0 saturated carbocycles. The lowest BCUT2D eigenvalue weighted by Gasteiger charge is -2.14. The first-order valence-electron chi connectivity index (χ1n) is 6.31. The van der Waals surface area contributed by atoms with Gasteiger partial charge in [0.1, 0.15) is 5.75 Å². The van der Waals surface area contributed by atoms with Gasteiger partial charge in [-0.15, -0.1) is 0 Å². The van der Waals surface area contributed by atoms with Gasteiger partial charge in [-0.05, 0) is 31.0 Å². The lowest BCUT2D eigenvalue weighted by molar-refractivity contribution is -0.120. The molecule has 1 rings (SSSR count). The Balaban J connectivity index is 2.44. The standard InChI is InChI=1S/C14H22N2O2/c1-4-8-15-14(17)10-16-11(2)12-6-5-7-13(9-12)18-3/h5-7,9,11,16H,4,8,10H2,1-3H3,(H,15,17). The lowest BCUT2D eigenvalue weighted by Crippen LogP contribution is -2.35. The van der Waals surface area contributed by atoms with Gasteiger partial charge in [-0.25, -0.2) is 0 Å². The number of benzene rings is 1. The molecule has 1 unspecified atom stereocenters. The van der Waals surface area contributed by atoms with Gasteiger partial charge in [-0.3, -0.25) is 4.79 Å². The van der Waals surface area contributed by atoms with E-state index in [0.29, 0.717) is 6.54 Å². The third-order valence-corrected chi connectivity index (χ3v) is 2.73. The van der Waals surface area contributed by atoms with Gasteiger partial charge in [-0.2, -0.15) is 0 Å². The normalized spacial score (nSPS) is 11.9. The van der Waals surface area contributed by atoms with E-state index in [1.165, 1.54) is 0 Å². The minimum absolute atomic E-state index is 0.0339. The Hall–Kier alpha value is -1.55. The number of rotatable bonds is 7. The van der Waals surface area contributed by atoms with Crippen LogP contribution in [0.15, 0.2) is 24.3 Å². The van der Waals surface area contributed by atoms with E-state index in [9.17, 15) is 4.79 Å². The summed E-state index contributed by atoms with van der Waals surface area (Å²) in [6.45, 7) is 5.13. The Labute approximate surface area is 109 Å². The van der Waals surface area contributed by atoms with Crippen molar-refractivity contribution in [1.29, 1.82) is 0 Å². The number of carbonyl (C=O) groups excluding carboxylic acids is 1. The summed E-state index contributed by atoms with van der Waals surface area (Å²) in [5, 5.41) is 6.03. The van der Waals surface area contributed by atoms with Crippen LogP contribution in [-0.4, -0.2) is 26.1 Å². The van der Waals surface area contributed by atoms with Crippen LogP contribution in [0.25, 0.3) is 0 Å². The predicted octanol–water partition coefficient (Wildman–Crippen LogP) is 1.87. The van der Waals surface area contributed by atoms with E-state index >= 15 is 0 Å². The number of hydrogen-bond acceptors (Lipinski definition) is 3. The van der Waals surface area contributed by atoms with Gasteiger partial charge in [-0.1, -0.05) is 19.1 Å². The Kier molecular flexibility index (Phi) is 6.22. The fourth-order valence-electron chi connectivity index (χ4n) is 1.60. The summed E-state index contributed by atoms with van der Waals surface area (Å²) in [4.78, 5) is 11.5. The van der Waals surface area contributed by atoms with Gasteiger partial charge in [0.2, 0.25) is 5.91 Å². The van der Waals surface area contributed by atoms with Crippen molar-refractivity contribution in [2.24, 2.45) is 0 Å². The summed E-state index contributed by atoms with van der Waals surface area (Å²) in [6, 6.07) is 7.96.